The fourth-order valence-corrected chi connectivity index (χ4v) is 2.75. The second-order valence-corrected chi connectivity index (χ2v) is 5.85. The lowest BCUT2D eigenvalue weighted by Crippen LogP contribution is -2.21. The molecule has 110 valence electrons. The lowest BCUT2D eigenvalue weighted by molar-refractivity contribution is 0.0827. The molecule has 0 aliphatic heterocycles. The van der Waals surface area contributed by atoms with Gasteiger partial charge in [0, 0.05) is 35.1 Å². The molecule has 0 heterocycles. The highest BCUT2D eigenvalue weighted by molar-refractivity contribution is 7.99. The van der Waals surface area contributed by atoms with E-state index in [1.807, 2.05) is 30.3 Å². The Morgan fingerprint density at radius 1 is 1.19 bits per heavy atom. The molecular formula is C16H18N2O2S. The van der Waals surface area contributed by atoms with Gasteiger partial charge in [-0.2, -0.15) is 0 Å². The van der Waals surface area contributed by atoms with Gasteiger partial charge in [-0.25, -0.2) is 0 Å². The summed E-state index contributed by atoms with van der Waals surface area (Å²) in [6.07, 6.45) is 0. The smallest absolute Gasteiger partial charge is 0.253 e. The van der Waals surface area contributed by atoms with Crippen molar-refractivity contribution in [1.82, 2.24) is 4.90 Å². The summed E-state index contributed by atoms with van der Waals surface area (Å²) in [4.78, 5) is 15.4. The maximum Gasteiger partial charge on any atom is 0.253 e. The van der Waals surface area contributed by atoms with E-state index in [0.29, 0.717) is 11.3 Å². The van der Waals surface area contributed by atoms with Gasteiger partial charge in [0.15, 0.2) is 0 Å². The number of ether oxygens (including phenoxy) is 1. The fourth-order valence-electron chi connectivity index (χ4n) is 1.81. The molecule has 0 aliphatic carbocycles. The summed E-state index contributed by atoms with van der Waals surface area (Å²) in [6, 6.07) is 13.1. The molecule has 1 amide bonds. The summed E-state index contributed by atoms with van der Waals surface area (Å²) in [5, 5.41) is 0. The van der Waals surface area contributed by atoms with Gasteiger partial charge < -0.3 is 15.4 Å². The zero-order valence-corrected chi connectivity index (χ0v) is 13.1. The highest BCUT2D eigenvalue weighted by Crippen LogP contribution is 2.34. The maximum absolute atomic E-state index is 12.0. The van der Waals surface area contributed by atoms with Crippen molar-refractivity contribution in [2.45, 2.75) is 9.79 Å². The van der Waals surface area contributed by atoms with Crippen LogP contribution in [0.4, 0.5) is 5.69 Å². The molecule has 4 nitrogen and oxygen atoms in total. The molecule has 2 aromatic carbocycles. The molecule has 2 rings (SSSR count). The Bertz CT molecular complexity index is 656. The predicted octanol–water partition coefficient (Wildman–Crippen LogP) is 3.13. The van der Waals surface area contributed by atoms with Crippen LogP contribution in [0.15, 0.2) is 52.3 Å². The van der Waals surface area contributed by atoms with Gasteiger partial charge in [0.05, 0.1) is 7.11 Å². The molecule has 0 saturated carbocycles. The van der Waals surface area contributed by atoms with Crippen molar-refractivity contribution in [3.8, 4) is 5.75 Å². The minimum atomic E-state index is -0.0394. The van der Waals surface area contributed by atoms with Gasteiger partial charge in [-0.05, 0) is 36.4 Å². The first kappa shape index (κ1) is 15.3. The fraction of sp³-hybridized carbons (Fsp3) is 0.188. The third kappa shape index (κ3) is 3.70. The van der Waals surface area contributed by atoms with Gasteiger partial charge >= 0.3 is 0 Å². The summed E-state index contributed by atoms with van der Waals surface area (Å²) < 4.78 is 5.21. The normalized spacial score (nSPS) is 10.2. The average molecular weight is 302 g/mol. The van der Waals surface area contributed by atoms with Crippen LogP contribution >= 0.6 is 11.8 Å². The molecule has 0 atom stereocenters. The quantitative estimate of drug-likeness (QED) is 0.882. The molecule has 0 unspecified atom stereocenters. The highest BCUT2D eigenvalue weighted by atomic mass is 32.2. The van der Waals surface area contributed by atoms with Crippen LogP contribution in [-0.4, -0.2) is 32.0 Å². The van der Waals surface area contributed by atoms with Gasteiger partial charge in [0.2, 0.25) is 0 Å². The number of carbonyl (C=O) groups is 1. The molecule has 5 heteroatoms. The topological polar surface area (TPSA) is 55.6 Å². The Balaban J connectivity index is 2.30. The lowest BCUT2D eigenvalue weighted by atomic mass is 10.2. The zero-order chi connectivity index (χ0) is 15.4. The van der Waals surface area contributed by atoms with Crippen LogP contribution in [0.3, 0.4) is 0 Å². The van der Waals surface area contributed by atoms with Crippen LogP contribution in [0, 0.1) is 0 Å². The maximum atomic E-state index is 12.0. The van der Waals surface area contributed by atoms with Gasteiger partial charge in [-0.1, -0.05) is 17.8 Å². The van der Waals surface area contributed by atoms with Crippen LogP contribution in [-0.2, 0) is 0 Å². The lowest BCUT2D eigenvalue weighted by Gasteiger charge is -2.12. The van der Waals surface area contributed by atoms with E-state index in [2.05, 4.69) is 0 Å². The monoisotopic (exact) mass is 302 g/mol. The van der Waals surface area contributed by atoms with Gasteiger partial charge in [0.25, 0.3) is 5.91 Å². The molecular weight excluding hydrogens is 284 g/mol. The van der Waals surface area contributed by atoms with E-state index in [4.69, 9.17) is 10.5 Å². The summed E-state index contributed by atoms with van der Waals surface area (Å²) in [7, 11) is 5.09. The number of methoxy groups -OCH3 is 1. The second kappa shape index (κ2) is 6.54. The van der Waals surface area contributed by atoms with E-state index in [9.17, 15) is 4.79 Å². The Morgan fingerprint density at radius 2 is 1.95 bits per heavy atom. The Kier molecular flexibility index (Phi) is 4.75. The first-order valence-electron chi connectivity index (χ1n) is 6.44. The Labute approximate surface area is 128 Å². The number of anilines is 1. The highest BCUT2D eigenvalue weighted by Gasteiger charge is 2.11. The third-order valence-electron chi connectivity index (χ3n) is 2.94. The van der Waals surface area contributed by atoms with E-state index >= 15 is 0 Å². The van der Waals surface area contributed by atoms with Gasteiger partial charge in [0.1, 0.15) is 5.75 Å². The number of rotatable bonds is 4. The molecule has 0 spiro atoms. The molecule has 0 aromatic heterocycles. The van der Waals surface area contributed by atoms with Gasteiger partial charge in [-0.3, -0.25) is 4.79 Å². The van der Waals surface area contributed by atoms with Crippen LogP contribution in [0.5, 0.6) is 5.75 Å². The number of hydrogen-bond acceptors (Lipinski definition) is 4. The summed E-state index contributed by atoms with van der Waals surface area (Å²) in [5.74, 6) is 0.751. The molecule has 2 N–H and O–H groups in total. The van der Waals surface area contributed by atoms with Crippen LogP contribution in [0.25, 0.3) is 0 Å². The van der Waals surface area contributed by atoms with E-state index < -0.39 is 0 Å². The van der Waals surface area contributed by atoms with Crippen LogP contribution in [0.1, 0.15) is 10.4 Å². The van der Waals surface area contributed by atoms with E-state index in [1.165, 1.54) is 11.8 Å². The number of nitrogens with two attached hydrogens (primary N) is 1. The first-order valence-corrected chi connectivity index (χ1v) is 7.26. The molecule has 0 bridgehead atoms. The van der Waals surface area contributed by atoms with E-state index in [-0.39, 0.29) is 5.91 Å². The number of nitrogens with zero attached hydrogens (tertiary/aromatic N) is 1. The molecule has 0 saturated heterocycles. The number of carbonyl (C=O) groups excluding carboxylic acids is 1. The predicted molar refractivity (Wildman–Crippen MR) is 86.0 cm³/mol. The SMILES string of the molecule is COc1cccc(Sc2cc(C(=O)N(C)C)ccc2N)c1. The minimum Gasteiger partial charge on any atom is -0.497 e. The first-order chi connectivity index (χ1) is 10.0. The molecule has 0 fully saturated rings. The van der Waals surface area contributed by atoms with Crippen molar-refractivity contribution in [2.75, 3.05) is 26.9 Å². The zero-order valence-electron chi connectivity index (χ0n) is 12.3. The minimum absolute atomic E-state index is 0.0394. The largest absolute Gasteiger partial charge is 0.497 e. The van der Waals surface area contributed by atoms with E-state index in [1.54, 1.807) is 38.2 Å². The molecule has 0 radical (unpaired) electrons. The standard InChI is InChI=1S/C16H18N2O2S/c1-18(2)16(19)11-7-8-14(17)15(9-11)21-13-6-4-5-12(10-13)20-3/h4-10H,17H2,1-3H3. The molecule has 21 heavy (non-hydrogen) atoms. The third-order valence-corrected chi connectivity index (χ3v) is 4.00. The van der Waals surface area contributed by atoms with E-state index in [0.717, 1.165) is 15.5 Å². The number of benzene rings is 2. The van der Waals surface area contributed by atoms with Crippen molar-refractivity contribution >= 4 is 23.4 Å². The number of amides is 1. The number of nitrogen functional groups attached to an aromatic ring is 1. The van der Waals surface area contributed by atoms with Crippen molar-refractivity contribution < 1.29 is 9.53 Å². The van der Waals surface area contributed by atoms with Crippen molar-refractivity contribution in [2.24, 2.45) is 0 Å². The average Bonchev–Trinajstić information content (AvgIpc) is 2.49. The molecule has 0 aliphatic rings. The summed E-state index contributed by atoms with van der Waals surface area (Å²) in [6.45, 7) is 0. The second-order valence-electron chi connectivity index (χ2n) is 4.73. The van der Waals surface area contributed by atoms with Crippen molar-refractivity contribution in [1.29, 1.82) is 0 Å². The summed E-state index contributed by atoms with van der Waals surface area (Å²) >= 11 is 1.51. The molecule has 2 aromatic rings. The van der Waals surface area contributed by atoms with Crippen LogP contribution < -0.4 is 10.5 Å². The Morgan fingerprint density at radius 3 is 2.62 bits per heavy atom. The Hall–Kier alpha value is -2.14. The van der Waals surface area contributed by atoms with Gasteiger partial charge in [-0.15, -0.1) is 0 Å². The van der Waals surface area contributed by atoms with Crippen molar-refractivity contribution in [3.05, 3.63) is 48.0 Å². The van der Waals surface area contributed by atoms with Crippen molar-refractivity contribution in [3.63, 3.8) is 0 Å². The number of hydrogen-bond donors (Lipinski definition) is 1. The summed E-state index contributed by atoms with van der Waals surface area (Å²) in [5.41, 5.74) is 7.28. The van der Waals surface area contributed by atoms with Crippen LogP contribution in [0.2, 0.25) is 0 Å².